The number of hydrogen-bond donors (Lipinski definition) is 0. The van der Waals surface area contributed by atoms with E-state index in [0.717, 1.165) is 0 Å². The molecule has 0 atom stereocenters. The van der Waals surface area contributed by atoms with Gasteiger partial charge >= 0.3 is 0 Å². The lowest BCUT2D eigenvalue weighted by Crippen LogP contribution is -1.89. The van der Waals surface area contributed by atoms with Crippen LogP contribution in [-0.2, 0) is 0 Å². The Morgan fingerprint density at radius 1 is 1.50 bits per heavy atom. The Bertz CT molecular complexity index is 553. The lowest BCUT2D eigenvalue weighted by atomic mass is 10.2. The summed E-state index contributed by atoms with van der Waals surface area (Å²) in [7, 11) is 0. The van der Waals surface area contributed by atoms with Crippen LogP contribution in [-0.4, -0.2) is 15.1 Å². The summed E-state index contributed by atoms with van der Waals surface area (Å²) in [4.78, 5) is 14.0. The molecule has 2 rings (SSSR count). The molecule has 0 spiro atoms. The highest BCUT2D eigenvalue weighted by atomic mass is 35.5. The molecule has 0 saturated carbocycles. The third-order valence-corrected chi connectivity index (χ3v) is 2.25. The molecule has 0 aliphatic heterocycles. The highest BCUT2D eigenvalue weighted by Crippen LogP contribution is 2.30. The van der Waals surface area contributed by atoms with Crippen molar-refractivity contribution in [2.75, 3.05) is 0 Å². The Morgan fingerprint density at radius 2 is 2.25 bits per heavy atom. The van der Waals surface area contributed by atoms with Gasteiger partial charge in [-0.25, -0.2) is 0 Å². The number of aromatic nitrogens is 2. The highest BCUT2D eigenvalue weighted by molar-refractivity contribution is 6.33. The molecular formula is C9H6ClN3O3. The quantitative estimate of drug-likeness (QED) is 0.594. The van der Waals surface area contributed by atoms with E-state index < -0.39 is 4.92 Å². The van der Waals surface area contributed by atoms with Gasteiger partial charge in [0.1, 0.15) is 0 Å². The van der Waals surface area contributed by atoms with Crippen LogP contribution < -0.4 is 0 Å². The molecule has 1 heterocycles. The summed E-state index contributed by atoms with van der Waals surface area (Å²) in [5.74, 6) is 0.615. The number of halogens is 1. The molecule has 0 saturated heterocycles. The van der Waals surface area contributed by atoms with Crippen LogP contribution in [0.15, 0.2) is 22.7 Å². The van der Waals surface area contributed by atoms with E-state index in [2.05, 4.69) is 10.1 Å². The number of aryl methyl sites for hydroxylation is 1. The van der Waals surface area contributed by atoms with Crippen LogP contribution in [0, 0.1) is 17.0 Å². The smallest absolute Gasteiger partial charge is 0.270 e. The van der Waals surface area contributed by atoms with E-state index in [1.165, 1.54) is 18.2 Å². The largest absolute Gasteiger partial charge is 0.334 e. The average Bonchev–Trinajstić information content (AvgIpc) is 2.65. The molecule has 1 aromatic carbocycles. The van der Waals surface area contributed by atoms with Crippen LogP contribution in [0.2, 0.25) is 5.02 Å². The molecule has 7 heteroatoms. The number of rotatable bonds is 2. The normalized spacial score (nSPS) is 10.4. The van der Waals surface area contributed by atoms with Crippen LogP contribution in [0.4, 0.5) is 5.69 Å². The van der Waals surface area contributed by atoms with E-state index in [-0.39, 0.29) is 11.6 Å². The SMILES string of the molecule is Cc1noc(-c2cc([N+](=O)[O-])ccc2Cl)n1. The van der Waals surface area contributed by atoms with E-state index >= 15 is 0 Å². The first-order valence-electron chi connectivity index (χ1n) is 4.32. The predicted molar refractivity (Wildman–Crippen MR) is 56.1 cm³/mol. The van der Waals surface area contributed by atoms with Gasteiger partial charge in [-0.15, -0.1) is 0 Å². The minimum Gasteiger partial charge on any atom is -0.334 e. The van der Waals surface area contributed by atoms with Gasteiger partial charge in [-0.1, -0.05) is 16.8 Å². The van der Waals surface area contributed by atoms with Crippen molar-refractivity contribution in [3.63, 3.8) is 0 Å². The van der Waals surface area contributed by atoms with Gasteiger partial charge in [-0.05, 0) is 13.0 Å². The molecule has 0 fully saturated rings. The highest BCUT2D eigenvalue weighted by Gasteiger charge is 2.15. The zero-order chi connectivity index (χ0) is 11.7. The van der Waals surface area contributed by atoms with Gasteiger partial charge in [-0.3, -0.25) is 10.1 Å². The second-order valence-electron chi connectivity index (χ2n) is 3.07. The van der Waals surface area contributed by atoms with Gasteiger partial charge in [0.2, 0.25) is 0 Å². The molecule has 16 heavy (non-hydrogen) atoms. The van der Waals surface area contributed by atoms with Gasteiger partial charge in [0.25, 0.3) is 11.6 Å². The maximum absolute atomic E-state index is 10.6. The summed E-state index contributed by atoms with van der Waals surface area (Å²) in [6.45, 7) is 1.65. The second-order valence-corrected chi connectivity index (χ2v) is 3.48. The van der Waals surface area contributed by atoms with Gasteiger partial charge in [0, 0.05) is 12.1 Å². The first-order chi connectivity index (χ1) is 7.58. The molecule has 0 bridgehead atoms. The topological polar surface area (TPSA) is 82.1 Å². The van der Waals surface area contributed by atoms with E-state index in [4.69, 9.17) is 16.1 Å². The molecule has 1 aromatic heterocycles. The predicted octanol–water partition coefficient (Wildman–Crippen LogP) is 2.61. The minimum atomic E-state index is -0.511. The summed E-state index contributed by atoms with van der Waals surface area (Å²) in [6.07, 6.45) is 0. The van der Waals surface area contributed by atoms with Gasteiger partial charge < -0.3 is 4.52 Å². The number of nitrogens with zero attached hydrogens (tertiary/aromatic N) is 3. The van der Waals surface area contributed by atoms with Crippen molar-refractivity contribution in [1.29, 1.82) is 0 Å². The fourth-order valence-corrected chi connectivity index (χ4v) is 1.40. The summed E-state index contributed by atoms with van der Waals surface area (Å²) in [5, 5.41) is 14.5. The van der Waals surface area contributed by atoms with Gasteiger partial charge in [0.15, 0.2) is 5.82 Å². The number of non-ortho nitro benzene ring substituents is 1. The standard InChI is InChI=1S/C9H6ClN3O3/c1-5-11-9(16-12-5)7-4-6(13(14)15)2-3-8(7)10/h2-4H,1H3. The van der Waals surface area contributed by atoms with Crippen molar-refractivity contribution in [3.8, 4) is 11.5 Å². The first-order valence-corrected chi connectivity index (χ1v) is 4.70. The summed E-state index contributed by atoms with van der Waals surface area (Å²) in [5.41, 5.74) is 0.284. The van der Waals surface area contributed by atoms with Crippen LogP contribution >= 0.6 is 11.6 Å². The Hall–Kier alpha value is -1.95. The minimum absolute atomic E-state index is 0.0738. The zero-order valence-corrected chi connectivity index (χ0v) is 8.93. The fraction of sp³-hybridized carbons (Fsp3) is 0.111. The van der Waals surface area contributed by atoms with Crippen molar-refractivity contribution in [3.05, 3.63) is 39.2 Å². The molecule has 6 nitrogen and oxygen atoms in total. The fourth-order valence-electron chi connectivity index (χ4n) is 1.20. The third kappa shape index (κ3) is 1.87. The number of benzene rings is 1. The molecule has 0 radical (unpaired) electrons. The molecule has 0 aliphatic rings. The van der Waals surface area contributed by atoms with Crippen LogP contribution in [0.5, 0.6) is 0 Å². The third-order valence-electron chi connectivity index (χ3n) is 1.92. The zero-order valence-electron chi connectivity index (χ0n) is 8.18. The number of nitro groups is 1. The average molecular weight is 240 g/mol. The van der Waals surface area contributed by atoms with Crippen molar-refractivity contribution < 1.29 is 9.45 Å². The summed E-state index contributed by atoms with van der Waals surface area (Å²) in [6, 6.07) is 4.04. The Balaban J connectivity index is 2.55. The molecule has 0 N–H and O–H groups in total. The molecule has 82 valence electrons. The van der Waals surface area contributed by atoms with Crippen LogP contribution in [0.1, 0.15) is 5.82 Å². The Morgan fingerprint density at radius 3 is 2.81 bits per heavy atom. The van der Waals surface area contributed by atoms with Crippen LogP contribution in [0.25, 0.3) is 11.5 Å². The lowest BCUT2D eigenvalue weighted by Gasteiger charge is -1.98. The summed E-state index contributed by atoms with van der Waals surface area (Å²) < 4.78 is 4.90. The van der Waals surface area contributed by atoms with Crippen molar-refractivity contribution in [2.45, 2.75) is 6.92 Å². The van der Waals surface area contributed by atoms with Crippen LogP contribution in [0.3, 0.4) is 0 Å². The second kappa shape index (κ2) is 3.90. The molecule has 0 aliphatic carbocycles. The lowest BCUT2D eigenvalue weighted by molar-refractivity contribution is -0.384. The number of hydrogen-bond acceptors (Lipinski definition) is 5. The van der Waals surface area contributed by atoms with Crippen molar-refractivity contribution in [1.82, 2.24) is 10.1 Å². The maximum Gasteiger partial charge on any atom is 0.270 e. The van der Waals surface area contributed by atoms with E-state index in [9.17, 15) is 10.1 Å². The molecule has 0 amide bonds. The number of nitro benzene ring substituents is 1. The van der Waals surface area contributed by atoms with E-state index in [1.54, 1.807) is 6.92 Å². The molecule has 2 aromatic rings. The first kappa shape index (κ1) is 10.6. The van der Waals surface area contributed by atoms with Crippen molar-refractivity contribution in [2.24, 2.45) is 0 Å². The Kier molecular flexibility index (Phi) is 2.57. The van der Waals surface area contributed by atoms with Gasteiger partial charge in [-0.2, -0.15) is 4.98 Å². The Labute approximate surface area is 95.0 Å². The van der Waals surface area contributed by atoms with E-state index in [0.29, 0.717) is 16.4 Å². The summed E-state index contributed by atoms with van der Waals surface area (Å²) >= 11 is 5.89. The van der Waals surface area contributed by atoms with Gasteiger partial charge in [0.05, 0.1) is 15.5 Å². The van der Waals surface area contributed by atoms with Crippen molar-refractivity contribution >= 4 is 17.3 Å². The van der Waals surface area contributed by atoms with E-state index in [1.807, 2.05) is 0 Å². The monoisotopic (exact) mass is 239 g/mol. The maximum atomic E-state index is 10.6. The molecule has 0 unspecified atom stereocenters. The molecular weight excluding hydrogens is 234 g/mol.